The van der Waals surface area contributed by atoms with Crippen molar-refractivity contribution in [2.45, 2.75) is 59.0 Å². The molecular formula is C18H26N2O2. The average Bonchev–Trinajstić information content (AvgIpc) is 2.82. The van der Waals surface area contributed by atoms with Gasteiger partial charge in [0, 0.05) is 37.7 Å². The summed E-state index contributed by atoms with van der Waals surface area (Å²) in [5.41, 5.74) is 2.26. The summed E-state index contributed by atoms with van der Waals surface area (Å²) in [5, 5.41) is 0. The van der Waals surface area contributed by atoms with Crippen molar-refractivity contribution in [3.63, 3.8) is 0 Å². The zero-order valence-corrected chi connectivity index (χ0v) is 14.0. The average molecular weight is 302 g/mol. The minimum atomic E-state index is 0.0389. The fourth-order valence-electron chi connectivity index (χ4n) is 3.19. The summed E-state index contributed by atoms with van der Waals surface area (Å²) in [6.07, 6.45) is 2.18. The molecular weight excluding hydrogens is 276 g/mol. The van der Waals surface area contributed by atoms with Crippen molar-refractivity contribution in [1.82, 2.24) is 4.90 Å². The minimum absolute atomic E-state index is 0.0389. The molecule has 0 saturated carbocycles. The minimum Gasteiger partial charge on any atom is -0.340 e. The lowest BCUT2D eigenvalue weighted by Crippen LogP contribution is -2.41. The number of hydrogen-bond acceptors (Lipinski definition) is 2. The van der Waals surface area contributed by atoms with Crippen LogP contribution in [-0.4, -0.2) is 35.3 Å². The zero-order valence-electron chi connectivity index (χ0n) is 14.0. The third-order valence-corrected chi connectivity index (χ3v) is 4.57. The Morgan fingerprint density at radius 1 is 1.36 bits per heavy atom. The monoisotopic (exact) mass is 302 g/mol. The number of nitrogens with zero attached hydrogens (tertiary/aromatic N) is 2. The van der Waals surface area contributed by atoms with Gasteiger partial charge in [0.25, 0.3) is 0 Å². The molecule has 0 fully saturated rings. The van der Waals surface area contributed by atoms with E-state index in [0.717, 1.165) is 18.5 Å². The highest BCUT2D eigenvalue weighted by Crippen LogP contribution is 2.32. The lowest BCUT2D eigenvalue weighted by Gasteiger charge is -2.29. The highest BCUT2D eigenvalue weighted by Gasteiger charge is 2.30. The first-order valence-electron chi connectivity index (χ1n) is 8.12. The number of fused-ring (bicyclic) bond motifs is 1. The van der Waals surface area contributed by atoms with Crippen molar-refractivity contribution in [1.29, 1.82) is 0 Å². The van der Waals surface area contributed by atoms with Gasteiger partial charge in [0.2, 0.25) is 11.8 Å². The van der Waals surface area contributed by atoms with E-state index in [1.54, 1.807) is 11.8 Å². The van der Waals surface area contributed by atoms with E-state index in [-0.39, 0.29) is 23.9 Å². The predicted octanol–water partition coefficient (Wildman–Crippen LogP) is 3.00. The van der Waals surface area contributed by atoms with Gasteiger partial charge in [-0.3, -0.25) is 9.59 Å². The molecule has 0 spiro atoms. The molecule has 2 amide bonds. The quantitative estimate of drug-likeness (QED) is 0.839. The summed E-state index contributed by atoms with van der Waals surface area (Å²) in [6.45, 7) is 8.23. The van der Waals surface area contributed by atoms with Crippen LogP contribution in [0.2, 0.25) is 0 Å². The maximum absolute atomic E-state index is 12.6. The van der Waals surface area contributed by atoms with Crippen molar-refractivity contribution < 1.29 is 9.59 Å². The van der Waals surface area contributed by atoms with Crippen LogP contribution in [0.3, 0.4) is 0 Å². The fourth-order valence-corrected chi connectivity index (χ4v) is 3.19. The van der Waals surface area contributed by atoms with E-state index in [1.165, 1.54) is 5.56 Å². The Morgan fingerprint density at radius 2 is 2.05 bits per heavy atom. The molecule has 1 aliphatic rings. The number of carbonyl (C=O) groups is 2. The SMILES string of the molecule is CCC(C)N(CCC(=O)N1c2ccccc2CC1C)C(C)=O. The van der Waals surface area contributed by atoms with Crippen LogP contribution >= 0.6 is 0 Å². The molecule has 1 aromatic rings. The first-order chi connectivity index (χ1) is 10.5. The van der Waals surface area contributed by atoms with Gasteiger partial charge in [-0.2, -0.15) is 0 Å². The highest BCUT2D eigenvalue weighted by atomic mass is 16.2. The fraction of sp³-hybridized carbons (Fsp3) is 0.556. The summed E-state index contributed by atoms with van der Waals surface area (Å²) in [5.74, 6) is 0.143. The number of benzene rings is 1. The van der Waals surface area contributed by atoms with Crippen molar-refractivity contribution in [2.24, 2.45) is 0 Å². The molecule has 0 radical (unpaired) electrons. The highest BCUT2D eigenvalue weighted by molar-refractivity contribution is 5.96. The summed E-state index contributed by atoms with van der Waals surface area (Å²) in [7, 11) is 0. The van der Waals surface area contributed by atoms with E-state index in [4.69, 9.17) is 0 Å². The Balaban J connectivity index is 2.05. The largest absolute Gasteiger partial charge is 0.340 e. The van der Waals surface area contributed by atoms with Gasteiger partial charge in [0.05, 0.1) is 0 Å². The van der Waals surface area contributed by atoms with Crippen LogP contribution in [0.5, 0.6) is 0 Å². The number of anilines is 1. The molecule has 2 unspecified atom stereocenters. The molecule has 0 N–H and O–H groups in total. The van der Waals surface area contributed by atoms with Gasteiger partial charge >= 0.3 is 0 Å². The molecule has 1 aliphatic heterocycles. The van der Waals surface area contributed by atoms with Crippen LogP contribution in [0.15, 0.2) is 24.3 Å². The van der Waals surface area contributed by atoms with Crippen LogP contribution in [0, 0.1) is 0 Å². The smallest absolute Gasteiger partial charge is 0.229 e. The Hall–Kier alpha value is -1.84. The number of hydrogen-bond donors (Lipinski definition) is 0. The van der Waals surface area contributed by atoms with E-state index in [0.29, 0.717) is 13.0 Å². The molecule has 0 saturated heterocycles. The van der Waals surface area contributed by atoms with E-state index >= 15 is 0 Å². The van der Waals surface area contributed by atoms with Gasteiger partial charge in [-0.25, -0.2) is 0 Å². The second-order valence-corrected chi connectivity index (χ2v) is 6.17. The Morgan fingerprint density at radius 3 is 2.68 bits per heavy atom. The van der Waals surface area contributed by atoms with Crippen molar-refractivity contribution in [2.75, 3.05) is 11.4 Å². The van der Waals surface area contributed by atoms with E-state index in [1.807, 2.05) is 30.0 Å². The van der Waals surface area contributed by atoms with E-state index in [2.05, 4.69) is 19.9 Å². The summed E-state index contributed by atoms with van der Waals surface area (Å²) < 4.78 is 0. The first-order valence-corrected chi connectivity index (χ1v) is 8.12. The Kier molecular flexibility index (Phi) is 5.22. The third kappa shape index (κ3) is 3.32. The van der Waals surface area contributed by atoms with E-state index < -0.39 is 0 Å². The van der Waals surface area contributed by atoms with Crippen LogP contribution in [-0.2, 0) is 16.0 Å². The van der Waals surface area contributed by atoms with Crippen molar-refractivity contribution in [3.05, 3.63) is 29.8 Å². The van der Waals surface area contributed by atoms with Crippen LogP contribution < -0.4 is 4.90 Å². The van der Waals surface area contributed by atoms with Crippen molar-refractivity contribution in [3.8, 4) is 0 Å². The molecule has 22 heavy (non-hydrogen) atoms. The summed E-state index contributed by atoms with van der Waals surface area (Å²) >= 11 is 0. The van der Waals surface area contributed by atoms with Crippen molar-refractivity contribution >= 4 is 17.5 Å². The zero-order chi connectivity index (χ0) is 16.3. The van der Waals surface area contributed by atoms with E-state index in [9.17, 15) is 9.59 Å². The summed E-state index contributed by atoms with van der Waals surface area (Å²) in [4.78, 5) is 28.1. The Bertz CT molecular complexity index is 556. The maximum atomic E-state index is 12.6. The third-order valence-electron chi connectivity index (χ3n) is 4.57. The lowest BCUT2D eigenvalue weighted by molar-refractivity contribution is -0.131. The van der Waals surface area contributed by atoms with Gasteiger partial charge in [0.15, 0.2) is 0 Å². The van der Waals surface area contributed by atoms with Gasteiger partial charge in [-0.1, -0.05) is 25.1 Å². The Labute approximate surface area is 133 Å². The van der Waals surface area contributed by atoms with Gasteiger partial charge < -0.3 is 9.80 Å². The second-order valence-electron chi connectivity index (χ2n) is 6.17. The second kappa shape index (κ2) is 6.95. The first kappa shape index (κ1) is 16.5. The maximum Gasteiger partial charge on any atom is 0.229 e. The standard InChI is InChI=1S/C18H26N2O2/c1-5-13(2)19(15(4)21)11-10-18(22)20-14(3)12-16-8-6-7-9-17(16)20/h6-9,13-14H,5,10-12H2,1-4H3. The molecule has 0 aliphatic carbocycles. The molecule has 1 aromatic carbocycles. The lowest BCUT2D eigenvalue weighted by atomic mass is 10.1. The predicted molar refractivity (Wildman–Crippen MR) is 88.9 cm³/mol. The van der Waals surface area contributed by atoms with Gasteiger partial charge in [0.1, 0.15) is 0 Å². The normalized spacial score (nSPS) is 18.0. The topological polar surface area (TPSA) is 40.6 Å². The van der Waals surface area contributed by atoms with Gasteiger partial charge in [-0.05, 0) is 38.3 Å². The van der Waals surface area contributed by atoms with Gasteiger partial charge in [-0.15, -0.1) is 0 Å². The summed E-state index contributed by atoms with van der Waals surface area (Å²) in [6, 6.07) is 8.44. The molecule has 2 atom stereocenters. The molecule has 4 heteroatoms. The molecule has 2 rings (SSSR count). The number of amides is 2. The molecule has 0 bridgehead atoms. The van der Waals surface area contributed by atoms with Crippen LogP contribution in [0.4, 0.5) is 5.69 Å². The number of para-hydroxylation sites is 1. The molecule has 0 aromatic heterocycles. The number of carbonyl (C=O) groups excluding carboxylic acids is 2. The molecule has 4 nitrogen and oxygen atoms in total. The van der Waals surface area contributed by atoms with Crippen LogP contribution in [0.25, 0.3) is 0 Å². The number of rotatable bonds is 5. The van der Waals surface area contributed by atoms with Crippen LogP contribution in [0.1, 0.15) is 46.1 Å². The molecule has 1 heterocycles. The molecule has 120 valence electrons.